The Morgan fingerprint density at radius 3 is 2.56 bits per heavy atom. The average molecular weight is 382 g/mol. The van der Waals surface area contributed by atoms with E-state index in [0.717, 1.165) is 0 Å². The Balaban J connectivity index is 1.81. The molecule has 4 N–H and O–H groups in total. The van der Waals surface area contributed by atoms with Crippen molar-refractivity contribution in [2.24, 2.45) is 0 Å². The SMILES string of the molecule is Nc1ccc(Oc2c(Cl)cc(NC(=O)c3noc(=O)[nH]3)cc2Cl)cn1. The number of nitrogens with two attached hydrogens (primary N) is 1. The highest BCUT2D eigenvalue weighted by Gasteiger charge is 2.15. The van der Waals surface area contributed by atoms with Crippen LogP contribution in [0, 0.1) is 0 Å². The van der Waals surface area contributed by atoms with E-state index in [4.69, 9.17) is 33.7 Å². The van der Waals surface area contributed by atoms with Gasteiger partial charge in [-0.05, 0) is 29.4 Å². The number of aromatic amines is 1. The Labute approximate surface area is 149 Å². The Hall–Kier alpha value is -3.04. The number of benzene rings is 1. The molecule has 0 radical (unpaired) electrons. The molecule has 1 aromatic carbocycles. The maximum atomic E-state index is 11.9. The standard InChI is InChI=1S/C14H9Cl2N5O4/c15-8-3-6(19-13(22)12-20-14(23)25-21-12)4-9(16)11(8)24-7-1-2-10(17)18-5-7/h1-5H,(H2,17,18)(H,19,22)(H,20,21,23). The number of anilines is 2. The summed E-state index contributed by atoms with van der Waals surface area (Å²) in [7, 11) is 0. The van der Waals surface area contributed by atoms with Crippen molar-refractivity contribution >= 4 is 40.6 Å². The quantitative estimate of drug-likeness (QED) is 0.631. The zero-order valence-corrected chi connectivity index (χ0v) is 13.8. The summed E-state index contributed by atoms with van der Waals surface area (Å²) in [5.41, 5.74) is 5.77. The molecule has 0 fully saturated rings. The number of H-pyrrole nitrogens is 1. The van der Waals surface area contributed by atoms with Gasteiger partial charge in [0, 0.05) is 5.69 Å². The predicted molar refractivity (Wildman–Crippen MR) is 90.3 cm³/mol. The van der Waals surface area contributed by atoms with Gasteiger partial charge < -0.3 is 15.8 Å². The van der Waals surface area contributed by atoms with E-state index in [9.17, 15) is 9.59 Å². The van der Waals surface area contributed by atoms with Crippen LogP contribution >= 0.6 is 23.2 Å². The van der Waals surface area contributed by atoms with Crippen LogP contribution in [0.4, 0.5) is 11.5 Å². The second kappa shape index (κ2) is 6.83. The third-order valence-electron chi connectivity index (χ3n) is 2.89. The normalized spacial score (nSPS) is 10.5. The van der Waals surface area contributed by atoms with E-state index < -0.39 is 11.7 Å². The molecule has 2 heterocycles. The molecular formula is C14H9Cl2N5O4. The number of halogens is 2. The third kappa shape index (κ3) is 3.90. The van der Waals surface area contributed by atoms with Crippen LogP contribution in [0.1, 0.15) is 10.6 Å². The average Bonchev–Trinajstić information content (AvgIpc) is 2.99. The molecule has 0 saturated heterocycles. The molecule has 3 rings (SSSR count). The van der Waals surface area contributed by atoms with Gasteiger partial charge in [0.2, 0.25) is 5.82 Å². The predicted octanol–water partition coefficient (Wildman–Crippen LogP) is 2.69. The van der Waals surface area contributed by atoms with E-state index in [2.05, 4.69) is 25.0 Å². The summed E-state index contributed by atoms with van der Waals surface area (Å²) in [6.45, 7) is 0. The number of hydrogen-bond donors (Lipinski definition) is 3. The summed E-state index contributed by atoms with van der Waals surface area (Å²) in [6, 6.07) is 6.00. The van der Waals surface area contributed by atoms with E-state index >= 15 is 0 Å². The van der Waals surface area contributed by atoms with Crippen molar-refractivity contribution in [3.05, 3.63) is 56.9 Å². The van der Waals surface area contributed by atoms with Crippen molar-refractivity contribution in [2.45, 2.75) is 0 Å². The van der Waals surface area contributed by atoms with E-state index in [1.165, 1.54) is 18.3 Å². The van der Waals surface area contributed by atoms with Gasteiger partial charge in [-0.1, -0.05) is 23.2 Å². The summed E-state index contributed by atoms with van der Waals surface area (Å²) in [5, 5.41) is 6.03. The number of ether oxygens (including phenoxy) is 1. The maximum Gasteiger partial charge on any atom is 0.439 e. The fourth-order valence-electron chi connectivity index (χ4n) is 1.82. The van der Waals surface area contributed by atoms with E-state index in [1.807, 2.05) is 0 Å². The van der Waals surface area contributed by atoms with Crippen molar-refractivity contribution in [1.29, 1.82) is 0 Å². The Kier molecular flexibility index (Phi) is 4.59. The Morgan fingerprint density at radius 2 is 2.00 bits per heavy atom. The highest BCUT2D eigenvalue weighted by Crippen LogP contribution is 2.38. The highest BCUT2D eigenvalue weighted by atomic mass is 35.5. The number of aromatic nitrogens is 3. The van der Waals surface area contributed by atoms with Crippen LogP contribution in [0.2, 0.25) is 10.0 Å². The lowest BCUT2D eigenvalue weighted by molar-refractivity contribution is 0.101. The van der Waals surface area contributed by atoms with Crippen molar-refractivity contribution in [3.8, 4) is 11.5 Å². The molecule has 3 aromatic rings. The molecule has 0 bridgehead atoms. The summed E-state index contributed by atoms with van der Waals surface area (Å²) in [4.78, 5) is 28.8. The van der Waals surface area contributed by atoms with Crippen molar-refractivity contribution in [3.63, 3.8) is 0 Å². The lowest BCUT2D eigenvalue weighted by Crippen LogP contribution is -2.14. The smallest absolute Gasteiger partial charge is 0.439 e. The van der Waals surface area contributed by atoms with Gasteiger partial charge in [0.25, 0.3) is 5.91 Å². The van der Waals surface area contributed by atoms with Gasteiger partial charge in [-0.2, -0.15) is 0 Å². The van der Waals surface area contributed by atoms with E-state index in [1.54, 1.807) is 12.1 Å². The minimum absolute atomic E-state index is 0.147. The van der Waals surface area contributed by atoms with Crippen LogP contribution < -0.4 is 21.5 Å². The number of hydrogen-bond acceptors (Lipinski definition) is 7. The van der Waals surface area contributed by atoms with Gasteiger partial charge in [0.05, 0.1) is 16.2 Å². The molecule has 128 valence electrons. The molecule has 0 unspecified atom stereocenters. The third-order valence-corrected chi connectivity index (χ3v) is 3.45. The van der Waals surface area contributed by atoms with Crippen LogP contribution in [-0.2, 0) is 0 Å². The van der Waals surface area contributed by atoms with Gasteiger partial charge in [-0.15, -0.1) is 0 Å². The Morgan fingerprint density at radius 1 is 1.28 bits per heavy atom. The maximum absolute atomic E-state index is 11.9. The fraction of sp³-hybridized carbons (Fsp3) is 0. The molecule has 0 aliphatic rings. The van der Waals surface area contributed by atoms with Gasteiger partial charge in [-0.25, -0.2) is 9.78 Å². The highest BCUT2D eigenvalue weighted by molar-refractivity contribution is 6.37. The minimum atomic E-state index is -0.845. The number of carbonyl (C=O) groups excluding carboxylic acids is 1. The summed E-state index contributed by atoms with van der Waals surface area (Å²) in [6.07, 6.45) is 1.42. The molecule has 1 amide bonds. The van der Waals surface area contributed by atoms with Crippen LogP contribution in [0.3, 0.4) is 0 Å². The summed E-state index contributed by atoms with van der Waals surface area (Å²) >= 11 is 12.3. The lowest BCUT2D eigenvalue weighted by atomic mass is 10.3. The first-order valence-electron chi connectivity index (χ1n) is 6.68. The monoisotopic (exact) mass is 381 g/mol. The molecule has 9 nitrogen and oxygen atoms in total. The van der Waals surface area contributed by atoms with E-state index in [0.29, 0.717) is 11.6 Å². The topological polar surface area (TPSA) is 136 Å². The number of pyridine rings is 1. The van der Waals surface area contributed by atoms with Gasteiger partial charge in [0.1, 0.15) is 11.6 Å². The first-order valence-corrected chi connectivity index (χ1v) is 7.44. The molecule has 25 heavy (non-hydrogen) atoms. The molecule has 2 aromatic heterocycles. The molecular weight excluding hydrogens is 373 g/mol. The second-order valence-corrected chi connectivity index (χ2v) is 5.50. The number of nitrogen functional groups attached to an aromatic ring is 1. The molecule has 0 aliphatic heterocycles. The van der Waals surface area contributed by atoms with Gasteiger partial charge in [0.15, 0.2) is 5.75 Å². The van der Waals surface area contributed by atoms with Gasteiger partial charge in [-0.3, -0.25) is 14.3 Å². The summed E-state index contributed by atoms with van der Waals surface area (Å²) in [5.74, 6) is -0.923. The molecule has 11 heteroatoms. The number of carbonyl (C=O) groups is 1. The minimum Gasteiger partial charge on any atom is -0.453 e. The summed E-state index contributed by atoms with van der Waals surface area (Å²) < 4.78 is 9.83. The number of rotatable bonds is 4. The first kappa shape index (κ1) is 16.8. The molecule has 0 spiro atoms. The lowest BCUT2D eigenvalue weighted by Gasteiger charge is -2.11. The number of amides is 1. The van der Waals surface area contributed by atoms with Crippen molar-refractivity contribution in [2.75, 3.05) is 11.1 Å². The molecule has 0 aliphatic carbocycles. The second-order valence-electron chi connectivity index (χ2n) is 4.69. The zero-order chi connectivity index (χ0) is 18.0. The zero-order valence-electron chi connectivity index (χ0n) is 12.2. The van der Waals surface area contributed by atoms with Crippen LogP contribution in [0.5, 0.6) is 11.5 Å². The fourth-order valence-corrected chi connectivity index (χ4v) is 2.38. The molecule has 0 atom stereocenters. The van der Waals surface area contributed by atoms with Crippen LogP contribution in [-0.4, -0.2) is 21.0 Å². The van der Waals surface area contributed by atoms with Gasteiger partial charge >= 0.3 is 5.76 Å². The number of nitrogens with zero attached hydrogens (tertiary/aromatic N) is 2. The van der Waals surface area contributed by atoms with Crippen molar-refractivity contribution < 1.29 is 14.1 Å². The largest absolute Gasteiger partial charge is 0.453 e. The first-order chi connectivity index (χ1) is 11.9. The molecule has 0 saturated carbocycles. The van der Waals surface area contributed by atoms with E-state index in [-0.39, 0.29) is 27.3 Å². The van der Waals surface area contributed by atoms with Crippen LogP contribution in [0.15, 0.2) is 39.8 Å². The number of nitrogens with one attached hydrogen (secondary N) is 2. The van der Waals surface area contributed by atoms with Crippen molar-refractivity contribution in [1.82, 2.24) is 15.1 Å². The Bertz CT molecular complexity index is 960. The van der Waals surface area contributed by atoms with Crippen LogP contribution in [0.25, 0.3) is 0 Å².